The third-order valence-corrected chi connectivity index (χ3v) is 4.40. The second kappa shape index (κ2) is 9.51. The number of hydrogen-bond donors (Lipinski definition) is 3. The molecule has 0 fully saturated rings. The van der Waals surface area contributed by atoms with E-state index in [1.54, 1.807) is 0 Å². The summed E-state index contributed by atoms with van der Waals surface area (Å²) in [4.78, 5) is 35.7. The molecule has 0 bridgehead atoms. The molecule has 3 N–H and O–H groups in total. The zero-order valence-electron chi connectivity index (χ0n) is 17.1. The van der Waals surface area contributed by atoms with Crippen molar-refractivity contribution < 1.29 is 31.9 Å². The zero-order chi connectivity index (χ0) is 24.2. The lowest BCUT2D eigenvalue weighted by Gasteiger charge is -2.16. The first-order valence-electron chi connectivity index (χ1n) is 9.50. The number of anilines is 3. The summed E-state index contributed by atoms with van der Waals surface area (Å²) in [6.07, 6.45) is -4.82. The Balaban J connectivity index is 1.80. The van der Waals surface area contributed by atoms with E-state index in [-0.39, 0.29) is 22.7 Å². The zero-order valence-corrected chi connectivity index (χ0v) is 17.1. The van der Waals surface area contributed by atoms with E-state index in [1.807, 2.05) is 0 Å². The lowest BCUT2D eigenvalue weighted by molar-refractivity contribution is -0.136. The molecule has 0 aliphatic heterocycles. The first-order chi connectivity index (χ1) is 15.5. The van der Waals surface area contributed by atoms with E-state index < -0.39 is 35.1 Å². The third-order valence-electron chi connectivity index (χ3n) is 4.40. The third kappa shape index (κ3) is 6.16. The summed E-state index contributed by atoms with van der Waals surface area (Å²) < 4.78 is 53.8. The van der Waals surface area contributed by atoms with Gasteiger partial charge >= 0.3 is 6.18 Å². The molecule has 0 unspecified atom stereocenters. The standard InChI is InChI=1S/C23H17F4N3O3/c1-13(31)28-17-8-4-15(5-9-17)22(33)30-20-11-10-18(12-19(20)23(25,26)27)29-21(32)14-2-6-16(24)7-3-14/h2-12H,1H3,(H,28,31)(H,29,32)(H,30,33). The van der Waals surface area contributed by atoms with Gasteiger partial charge in [-0.2, -0.15) is 13.2 Å². The van der Waals surface area contributed by atoms with E-state index >= 15 is 0 Å². The number of nitrogens with one attached hydrogen (secondary N) is 3. The number of amides is 3. The molecule has 0 atom stereocenters. The fourth-order valence-corrected chi connectivity index (χ4v) is 2.87. The van der Waals surface area contributed by atoms with Crippen molar-refractivity contribution in [3.05, 3.63) is 89.2 Å². The van der Waals surface area contributed by atoms with E-state index in [4.69, 9.17) is 0 Å². The molecule has 10 heteroatoms. The smallest absolute Gasteiger partial charge is 0.326 e. The Morgan fingerprint density at radius 2 is 1.21 bits per heavy atom. The van der Waals surface area contributed by atoms with Gasteiger partial charge in [0, 0.05) is 29.4 Å². The second-order valence-corrected chi connectivity index (χ2v) is 6.93. The van der Waals surface area contributed by atoms with Crippen LogP contribution in [0.3, 0.4) is 0 Å². The Morgan fingerprint density at radius 1 is 0.697 bits per heavy atom. The van der Waals surface area contributed by atoms with Crippen LogP contribution >= 0.6 is 0 Å². The van der Waals surface area contributed by atoms with Crippen molar-refractivity contribution in [1.82, 2.24) is 0 Å². The number of rotatable bonds is 5. The van der Waals surface area contributed by atoms with Gasteiger partial charge in [0.25, 0.3) is 11.8 Å². The molecule has 0 spiro atoms. The molecule has 0 radical (unpaired) electrons. The maximum atomic E-state index is 13.6. The molecule has 33 heavy (non-hydrogen) atoms. The highest BCUT2D eigenvalue weighted by molar-refractivity contribution is 6.06. The fraction of sp³-hybridized carbons (Fsp3) is 0.0870. The van der Waals surface area contributed by atoms with Gasteiger partial charge in [-0.15, -0.1) is 0 Å². The highest BCUT2D eigenvalue weighted by Crippen LogP contribution is 2.37. The normalized spacial score (nSPS) is 10.9. The molecule has 0 heterocycles. The van der Waals surface area contributed by atoms with Crippen LogP contribution < -0.4 is 16.0 Å². The Labute approximate surface area is 185 Å². The molecule has 0 aliphatic carbocycles. The summed E-state index contributed by atoms with van der Waals surface area (Å²) in [5.74, 6) is -2.39. The minimum atomic E-state index is -4.82. The molecule has 0 saturated carbocycles. The van der Waals surface area contributed by atoms with Crippen LogP contribution in [0, 0.1) is 5.82 Å². The fourth-order valence-electron chi connectivity index (χ4n) is 2.87. The van der Waals surface area contributed by atoms with Crippen molar-refractivity contribution in [2.75, 3.05) is 16.0 Å². The summed E-state index contributed by atoms with van der Waals surface area (Å²) in [5, 5.41) is 7.04. The number of hydrogen-bond acceptors (Lipinski definition) is 3. The summed E-state index contributed by atoms with van der Waals surface area (Å²) >= 11 is 0. The van der Waals surface area contributed by atoms with Crippen molar-refractivity contribution >= 4 is 34.8 Å². The van der Waals surface area contributed by atoms with Crippen LogP contribution in [0.4, 0.5) is 34.6 Å². The number of carbonyl (C=O) groups excluding carboxylic acids is 3. The molecule has 3 amide bonds. The first kappa shape index (κ1) is 23.5. The van der Waals surface area contributed by atoms with Gasteiger partial charge in [-0.25, -0.2) is 4.39 Å². The van der Waals surface area contributed by atoms with Crippen molar-refractivity contribution in [2.45, 2.75) is 13.1 Å². The minimum Gasteiger partial charge on any atom is -0.326 e. The van der Waals surface area contributed by atoms with Gasteiger partial charge in [0.15, 0.2) is 0 Å². The van der Waals surface area contributed by atoms with Gasteiger partial charge in [0.05, 0.1) is 11.3 Å². The predicted molar refractivity (Wildman–Crippen MR) is 114 cm³/mol. The average Bonchev–Trinajstić information content (AvgIpc) is 2.74. The summed E-state index contributed by atoms with van der Waals surface area (Å²) in [5.41, 5.74) is -1.26. The maximum Gasteiger partial charge on any atom is 0.418 e. The summed E-state index contributed by atoms with van der Waals surface area (Å²) in [6.45, 7) is 1.31. The van der Waals surface area contributed by atoms with Crippen LogP contribution in [0.25, 0.3) is 0 Å². The van der Waals surface area contributed by atoms with Crippen LogP contribution in [-0.4, -0.2) is 17.7 Å². The van der Waals surface area contributed by atoms with Crippen LogP contribution in [0.15, 0.2) is 66.7 Å². The maximum absolute atomic E-state index is 13.6. The molecule has 3 aromatic carbocycles. The van der Waals surface area contributed by atoms with E-state index in [1.165, 1.54) is 49.4 Å². The van der Waals surface area contributed by atoms with E-state index in [0.717, 1.165) is 18.2 Å². The largest absolute Gasteiger partial charge is 0.418 e. The average molecular weight is 459 g/mol. The molecular weight excluding hydrogens is 442 g/mol. The number of halogens is 4. The van der Waals surface area contributed by atoms with E-state index in [2.05, 4.69) is 16.0 Å². The van der Waals surface area contributed by atoms with Crippen molar-refractivity contribution in [3.63, 3.8) is 0 Å². The molecule has 3 aromatic rings. The number of carbonyl (C=O) groups is 3. The van der Waals surface area contributed by atoms with E-state index in [0.29, 0.717) is 11.8 Å². The van der Waals surface area contributed by atoms with Gasteiger partial charge in [-0.05, 0) is 66.7 Å². The van der Waals surface area contributed by atoms with Crippen molar-refractivity contribution in [1.29, 1.82) is 0 Å². The highest BCUT2D eigenvalue weighted by atomic mass is 19.4. The highest BCUT2D eigenvalue weighted by Gasteiger charge is 2.34. The topological polar surface area (TPSA) is 87.3 Å². The van der Waals surface area contributed by atoms with Gasteiger partial charge in [-0.1, -0.05) is 0 Å². The van der Waals surface area contributed by atoms with Crippen molar-refractivity contribution in [2.24, 2.45) is 0 Å². The SMILES string of the molecule is CC(=O)Nc1ccc(C(=O)Nc2ccc(NC(=O)c3ccc(F)cc3)cc2C(F)(F)F)cc1. The Kier molecular flexibility index (Phi) is 6.76. The Bertz CT molecular complexity index is 1190. The molecular formula is C23H17F4N3O3. The predicted octanol–water partition coefficient (Wildman–Crippen LogP) is 5.31. The monoisotopic (exact) mass is 459 g/mol. The molecule has 6 nitrogen and oxygen atoms in total. The quantitative estimate of drug-likeness (QED) is 0.452. The van der Waals surface area contributed by atoms with Crippen LogP contribution in [-0.2, 0) is 11.0 Å². The van der Waals surface area contributed by atoms with Gasteiger partial charge in [0.1, 0.15) is 5.82 Å². The second-order valence-electron chi connectivity index (χ2n) is 6.93. The van der Waals surface area contributed by atoms with Crippen LogP contribution in [0.2, 0.25) is 0 Å². The number of benzene rings is 3. The lowest BCUT2D eigenvalue weighted by atomic mass is 10.1. The molecule has 0 saturated heterocycles. The number of alkyl halides is 3. The molecule has 170 valence electrons. The Morgan fingerprint density at radius 3 is 1.76 bits per heavy atom. The lowest BCUT2D eigenvalue weighted by Crippen LogP contribution is -2.18. The van der Waals surface area contributed by atoms with Crippen LogP contribution in [0.5, 0.6) is 0 Å². The molecule has 0 aromatic heterocycles. The Hall–Kier alpha value is -4.21. The van der Waals surface area contributed by atoms with Crippen LogP contribution in [0.1, 0.15) is 33.2 Å². The van der Waals surface area contributed by atoms with Gasteiger partial charge in [-0.3, -0.25) is 14.4 Å². The van der Waals surface area contributed by atoms with Gasteiger partial charge in [0.2, 0.25) is 5.91 Å². The summed E-state index contributed by atoms with van der Waals surface area (Å²) in [6, 6.07) is 13.0. The molecule has 0 aliphatic rings. The van der Waals surface area contributed by atoms with E-state index in [9.17, 15) is 31.9 Å². The minimum absolute atomic E-state index is 0.0602. The summed E-state index contributed by atoms with van der Waals surface area (Å²) in [7, 11) is 0. The van der Waals surface area contributed by atoms with Crippen molar-refractivity contribution in [3.8, 4) is 0 Å². The first-order valence-corrected chi connectivity index (χ1v) is 9.50. The van der Waals surface area contributed by atoms with Gasteiger partial charge < -0.3 is 16.0 Å². The molecule has 3 rings (SSSR count).